The van der Waals surface area contributed by atoms with Crippen LogP contribution in [0.5, 0.6) is 11.5 Å². The Balaban J connectivity index is 1.64. The molecular formula is C15H14N4O2. The van der Waals surface area contributed by atoms with Gasteiger partial charge in [0.1, 0.15) is 11.3 Å². The normalized spacial score (nSPS) is 10.7. The van der Waals surface area contributed by atoms with E-state index in [-0.39, 0.29) is 11.5 Å². The number of phenolic OH excluding ortho intramolecular Hbond substituents is 2. The number of pyridine rings is 1. The molecule has 0 atom stereocenters. The Bertz CT molecular complexity index is 776. The van der Waals surface area contributed by atoms with Gasteiger partial charge >= 0.3 is 0 Å². The SMILES string of the molecule is Oc1ccc(CCNc2ccc3nccnc3n2)cc1O. The van der Waals surface area contributed by atoms with Crippen LogP contribution in [0.3, 0.4) is 0 Å². The van der Waals surface area contributed by atoms with E-state index in [4.69, 9.17) is 0 Å². The minimum atomic E-state index is -0.110. The molecule has 0 aliphatic rings. The van der Waals surface area contributed by atoms with E-state index < -0.39 is 0 Å². The highest BCUT2D eigenvalue weighted by atomic mass is 16.3. The van der Waals surface area contributed by atoms with Gasteiger partial charge in [-0.3, -0.25) is 4.98 Å². The van der Waals surface area contributed by atoms with Crippen LogP contribution in [0.4, 0.5) is 5.82 Å². The zero-order valence-electron chi connectivity index (χ0n) is 11.2. The average Bonchev–Trinajstić information content (AvgIpc) is 2.51. The number of rotatable bonds is 4. The van der Waals surface area contributed by atoms with E-state index >= 15 is 0 Å². The Morgan fingerprint density at radius 1 is 0.952 bits per heavy atom. The molecule has 0 fully saturated rings. The van der Waals surface area contributed by atoms with Gasteiger partial charge in [-0.2, -0.15) is 0 Å². The zero-order valence-corrected chi connectivity index (χ0v) is 11.2. The van der Waals surface area contributed by atoms with Crippen LogP contribution in [0.15, 0.2) is 42.7 Å². The average molecular weight is 282 g/mol. The molecule has 0 spiro atoms. The first kappa shape index (κ1) is 13.1. The molecule has 3 N–H and O–H groups in total. The molecule has 0 saturated carbocycles. The van der Waals surface area contributed by atoms with Crippen molar-refractivity contribution in [3.63, 3.8) is 0 Å². The molecule has 0 radical (unpaired) electrons. The van der Waals surface area contributed by atoms with Gasteiger partial charge in [0.25, 0.3) is 0 Å². The van der Waals surface area contributed by atoms with E-state index in [0.29, 0.717) is 18.6 Å². The third-order valence-corrected chi connectivity index (χ3v) is 3.09. The highest BCUT2D eigenvalue weighted by Gasteiger charge is 2.02. The lowest BCUT2D eigenvalue weighted by molar-refractivity contribution is 0.403. The van der Waals surface area contributed by atoms with Gasteiger partial charge in [-0.15, -0.1) is 0 Å². The molecule has 0 aliphatic carbocycles. The van der Waals surface area contributed by atoms with Crippen molar-refractivity contribution < 1.29 is 10.2 Å². The molecule has 0 amide bonds. The van der Waals surface area contributed by atoms with Crippen LogP contribution in [0, 0.1) is 0 Å². The van der Waals surface area contributed by atoms with Crippen LogP contribution in [-0.2, 0) is 6.42 Å². The quantitative estimate of drug-likeness (QED) is 0.635. The summed E-state index contributed by atoms with van der Waals surface area (Å²) in [6.07, 6.45) is 3.95. The lowest BCUT2D eigenvalue weighted by Crippen LogP contribution is -2.06. The summed E-state index contributed by atoms with van der Waals surface area (Å²) >= 11 is 0. The van der Waals surface area contributed by atoms with Gasteiger partial charge in [0.2, 0.25) is 0 Å². The number of aromatic nitrogens is 3. The predicted molar refractivity (Wildman–Crippen MR) is 79.3 cm³/mol. The summed E-state index contributed by atoms with van der Waals surface area (Å²) in [6, 6.07) is 8.52. The maximum atomic E-state index is 9.44. The molecule has 0 unspecified atom stereocenters. The molecular weight excluding hydrogens is 268 g/mol. The second-order valence-electron chi connectivity index (χ2n) is 4.60. The summed E-state index contributed by atoms with van der Waals surface area (Å²) in [4.78, 5) is 12.7. The summed E-state index contributed by atoms with van der Waals surface area (Å²) in [5.41, 5.74) is 2.29. The Labute approximate surface area is 121 Å². The number of benzene rings is 1. The second-order valence-corrected chi connectivity index (χ2v) is 4.60. The Hall–Kier alpha value is -2.89. The van der Waals surface area contributed by atoms with Crippen LogP contribution < -0.4 is 5.32 Å². The smallest absolute Gasteiger partial charge is 0.180 e. The molecule has 3 aromatic rings. The standard InChI is InChI=1S/C15H14N4O2/c20-12-3-1-10(9-13(12)21)5-6-17-14-4-2-11-15(19-14)18-8-7-16-11/h1-4,7-9,20-21H,5-6H2,(H,17,18,19). The van der Waals surface area contributed by atoms with Crippen molar-refractivity contribution in [1.82, 2.24) is 15.0 Å². The van der Waals surface area contributed by atoms with Gasteiger partial charge in [-0.25, -0.2) is 9.97 Å². The molecule has 2 heterocycles. The molecule has 6 heteroatoms. The van der Waals surface area contributed by atoms with Crippen molar-refractivity contribution in [1.29, 1.82) is 0 Å². The van der Waals surface area contributed by atoms with Crippen LogP contribution >= 0.6 is 0 Å². The first-order chi connectivity index (χ1) is 10.2. The fraction of sp³-hybridized carbons (Fsp3) is 0.133. The maximum absolute atomic E-state index is 9.44. The van der Waals surface area contributed by atoms with E-state index in [1.165, 1.54) is 6.07 Å². The minimum absolute atomic E-state index is 0.105. The lowest BCUT2D eigenvalue weighted by Gasteiger charge is -2.07. The predicted octanol–water partition coefficient (Wildman–Crippen LogP) is 2.09. The third kappa shape index (κ3) is 3.00. The molecule has 2 aromatic heterocycles. The van der Waals surface area contributed by atoms with Crippen LogP contribution in [0.2, 0.25) is 0 Å². The van der Waals surface area contributed by atoms with Crippen LogP contribution in [0.1, 0.15) is 5.56 Å². The van der Waals surface area contributed by atoms with E-state index in [0.717, 1.165) is 16.9 Å². The van der Waals surface area contributed by atoms with E-state index in [1.807, 2.05) is 12.1 Å². The Morgan fingerprint density at radius 2 is 1.81 bits per heavy atom. The van der Waals surface area contributed by atoms with Crippen molar-refractivity contribution in [3.05, 3.63) is 48.3 Å². The maximum Gasteiger partial charge on any atom is 0.180 e. The summed E-state index contributed by atoms with van der Waals surface area (Å²) in [7, 11) is 0. The number of aromatic hydroxyl groups is 2. The van der Waals surface area contributed by atoms with Crippen LogP contribution in [0.25, 0.3) is 11.2 Å². The summed E-state index contributed by atoms with van der Waals surface area (Å²) < 4.78 is 0. The van der Waals surface area contributed by atoms with Gasteiger partial charge in [0, 0.05) is 18.9 Å². The molecule has 1 aromatic carbocycles. The fourth-order valence-corrected chi connectivity index (χ4v) is 2.01. The highest BCUT2D eigenvalue weighted by molar-refractivity contribution is 5.71. The van der Waals surface area contributed by atoms with E-state index in [2.05, 4.69) is 20.3 Å². The van der Waals surface area contributed by atoms with Crippen molar-refractivity contribution in [2.24, 2.45) is 0 Å². The first-order valence-corrected chi connectivity index (χ1v) is 6.55. The first-order valence-electron chi connectivity index (χ1n) is 6.55. The van der Waals surface area contributed by atoms with E-state index in [1.54, 1.807) is 24.5 Å². The van der Waals surface area contributed by atoms with Crippen LogP contribution in [-0.4, -0.2) is 31.7 Å². The van der Waals surface area contributed by atoms with Gasteiger partial charge in [-0.05, 0) is 36.2 Å². The molecule has 106 valence electrons. The van der Waals surface area contributed by atoms with Gasteiger partial charge in [0.15, 0.2) is 17.1 Å². The van der Waals surface area contributed by atoms with E-state index in [9.17, 15) is 10.2 Å². The topological polar surface area (TPSA) is 91.2 Å². The molecule has 21 heavy (non-hydrogen) atoms. The Kier molecular flexibility index (Phi) is 3.51. The lowest BCUT2D eigenvalue weighted by atomic mass is 10.1. The fourth-order valence-electron chi connectivity index (χ4n) is 2.01. The molecule has 0 aliphatic heterocycles. The summed E-state index contributed by atoms with van der Waals surface area (Å²) in [5, 5.41) is 21.9. The number of nitrogens with one attached hydrogen (secondary N) is 1. The van der Waals surface area contributed by atoms with Crippen molar-refractivity contribution in [2.75, 3.05) is 11.9 Å². The zero-order chi connectivity index (χ0) is 14.7. The molecule has 0 bridgehead atoms. The number of hydrogen-bond acceptors (Lipinski definition) is 6. The summed E-state index contributed by atoms with van der Waals surface area (Å²) in [6.45, 7) is 0.656. The minimum Gasteiger partial charge on any atom is -0.504 e. The summed E-state index contributed by atoms with van der Waals surface area (Å²) in [5.74, 6) is 0.513. The molecule has 0 saturated heterocycles. The molecule has 6 nitrogen and oxygen atoms in total. The second kappa shape index (κ2) is 5.62. The number of hydrogen-bond donors (Lipinski definition) is 3. The monoisotopic (exact) mass is 282 g/mol. The number of phenols is 2. The van der Waals surface area contributed by atoms with Crippen molar-refractivity contribution in [3.8, 4) is 11.5 Å². The number of nitrogens with zero attached hydrogens (tertiary/aromatic N) is 3. The van der Waals surface area contributed by atoms with Crippen molar-refractivity contribution >= 4 is 17.0 Å². The van der Waals surface area contributed by atoms with Crippen molar-refractivity contribution in [2.45, 2.75) is 6.42 Å². The largest absolute Gasteiger partial charge is 0.504 e. The molecule has 3 rings (SSSR count). The van der Waals surface area contributed by atoms with Gasteiger partial charge in [0.05, 0.1) is 0 Å². The van der Waals surface area contributed by atoms with Gasteiger partial charge < -0.3 is 15.5 Å². The Morgan fingerprint density at radius 3 is 2.67 bits per heavy atom. The highest BCUT2D eigenvalue weighted by Crippen LogP contribution is 2.25. The number of fused-ring (bicyclic) bond motifs is 1. The third-order valence-electron chi connectivity index (χ3n) is 3.09. The number of anilines is 1. The van der Waals surface area contributed by atoms with Gasteiger partial charge in [-0.1, -0.05) is 6.07 Å².